The predicted molar refractivity (Wildman–Crippen MR) is 77.1 cm³/mol. The normalized spacial score (nSPS) is 11.0. The first-order chi connectivity index (χ1) is 9.90. The van der Waals surface area contributed by atoms with E-state index in [4.69, 9.17) is 5.11 Å². The number of anilines is 1. The van der Waals surface area contributed by atoms with Gasteiger partial charge in [-0.2, -0.15) is 0 Å². The third-order valence-corrected chi connectivity index (χ3v) is 2.89. The van der Waals surface area contributed by atoms with E-state index in [0.717, 1.165) is 10.9 Å². The van der Waals surface area contributed by atoms with Gasteiger partial charge in [-0.3, -0.25) is 9.20 Å². The number of likely N-dealkylation sites (N-methyl/N-ethyl adjacent to an activating group) is 1. The standard InChI is InChI=1S/C13H16N4O4/c1-16(2)6-5-14-8-3-4-9-15-10(13(20)21)11(18)12(19)17(9)7-8/h3-4,7,14,18H,5-6H2,1-2H3,(H,20,21). The Hall–Kier alpha value is -2.61. The summed E-state index contributed by atoms with van der Waals surface area (Å²) in [5.74, 6) is -2.31. The second-order valence-electron chi connectivity index (χ2n) is 4.80. The Bertz CT molecular complexity index is 739. The molecule has 0 atom stereocenters. The van der Waals surface area contributed by atoms with Crippen LogP contribution in [0.2, 0.25) is 0 Å². The molecule has 0 radical (unpaired) electrons. The number of pyridine rings is 1. The van der Waals surface area contributed by atoms with Crippen molar-refractivity contribution in [3.8, 4) is 5.75 Å². The highest BCUT2D eigenvalue weighted by molar-refractivity contribution is 5.88. The third-order valence-electron chi connectivity index (χ3n) is 2.89. The van der Waals surface area contributed by atoms with E-state index in [0.29, 0.717) is 12.2 Å². The van der Waals surface area contributed by atoms with E-state index in [1.807, 2.05) is 19.0 Å². The number of aromatic carboxylic acids is 1. The number of hydrogen-bond acceptors (Lipinski definition) is 6. The van der Waals surface area contributed by atoms with Crippen molar-refractivity contribution in [1.82, 2.24) is 14.3 Å². The van der Waals surface area contributed by atoms with Crippen molar-refractivity contribution >= 4 is 17.3 Å². The lowest BCUT2D eigenvalue weighted by molar-refractivity contribution is 0.0686. The lowest BCUT2D eigenvalue weighted by atomic mass is 10.3. The molecule has 0 saturated heterocycles. The number of carbonyl (C=O) groups is 1. The number of nitrogens with zero attached hydrogens (tertiary/aromatic N) is 3. The zero-order valence-electron chi connectivity index (χ0n) is 11.7. The van der Waals surface area contributed by atoms with E-state index in [1.54, 1.807) is 6.07 Å². The minimum Gasteiger partial charge on any atom is -0.501 e. The SMILES string of the molecule is CN(C)CCNc1ccc2nc(C(=O)O)c(O)c(=O)n2c1. The highest BCUT2D eigenvalue weighted by atomic mass is 16.4. The van der Waals surface area contributed by atoms with Crippen molar-refractivity contribution in [2.45, 2.75) is 0 Å². The predicted octanol–water partition coefficient (Wildman–Crippen LogP) is 0.0718. The molecule has 0 fully saturated rings. The summed E-state index contributed by atoms with van der Waals surface area (Å²) in [6.07, 6.45) is 1.48. The molecule has 0 aliphatic carbocycles. The molecule has 0 aliphatic heterocycles. The van der Waals surface area contributed by atoms with Gasteiger partial charge in [0, 0.05) is 19.3 Å². The lowest BCUT2D eigenvalue weighted by Crippen LogP contribution is -2.22. The second kappa shape index (κ2) is 5.80. The van der Waals surface area contributed by atoms with Crippen LogP contribution in [0.5, 0.6) is 5.75 Å². The van der Waals surface area contributed by atoms with Crippen LogP contribution in [0.25, 0.3) is 5.65 Å². The molecule has 3 N–H and O–H groups in total. The molecular formula is C13H16N4O4. The first kappa shape index (κ1) is 14.8. The van der Waals surface area contributed by atoms with E-state index in [9.17, 15) is 14.7 Å². The minimum atomic E-state index is -1.44. The third kappa shape index (κ3) is 3.11. The number of hydrogen-bond donors (Lipinski definition) is 3. The van der Waals surface area contributed by atoms with Gasteiger partial charge in [0.05, 0.1) is 5.69 Å². The number of carboxylic acid groups (broad SMARTS) is 1. The quantitative estimate of drug-likeness (QED) is 0.716. The summed E-state index contributed by atoms with van der Waals surface area (Å²) >= 11 is 0. The van der Waals surface area contributed by atoms with Gasteiger partial charge in [0.1, 0.15) is 5.65 Å². The maximum Gasteiger partial charge on any atom is 0.358 e. The molecule has 0 saturated carbocycles. The zero-order valence-corrected chi connectivity index (χ0v) is 11.7. The Kier molecular flexibility index (Phi) is 4.08. The average molecular weight is 292 g/mol. The summed E-state index contributed by atoms with van der Waals surface area (Å²) in [6.45, 7) is 1.49. The van der Waals surface area contributed by atoms with Crippen LogP contribution in [0.4, 0.5) is 5.69 Å². The number of rotatable bonds is 5. The van der Waals surface area contributed by atoms with E-state index in [1.165, 1.54) is 12.3 Å². The van der Waals surface area contributed by atoms with Crippen molar-refractivity contribution in [2.24, 2.45) is 0 Å². The van der Waals surface area contributed by atoms with Crippen LogP contribution >= 0.6 is 0 Å². The number of carboxylic acids is 1. The van der Waals surface area contributed by atoms with Crippen molar-refractivity contribution in [3.05, 3.63) is 34.4 Å². The van der Waals surface area contributed by atoms with Crippen LogP contribution < -0.4 is 10.9 Å². The summed E-state index contributed by atoms with van der Waals surface area (Å²) in [6, 6.07) is 3.21. The fraction of sp³-hybridized carbons (Fsp3) is 0.308. The van der Waals surface area contributed by atoms with Crippen LogP contribution in [0, 0.1) is 0 Å². The molecule has 0 aliphatic rings. The van der Waals surface area contributed by atoms with E-state index in [-0.39, 0.29) is 5.65 Å². The highest BCUT2D eigenvalue weighted by Crippen LogP contribution is 2.13. The van der Waals surface area contributed by atoms with Crippen molar-refractivity contribution < 1.29 is 15.0 Å². The summed E-state index contributed by atoms with van der Waals surface area (Å²) in [5, 5.41) is 21.6. The first-order valence-electron chi connectivity index (χ1n) is 6.27. The van der Waals surface area contributed by atoms with Crippen molar-refractivity contribution in [3.63, 3.8) is 0 Å². The summed E-state index contributed by atoms with van der Waals surface area (Å²) in [7, 11) is 3.89. The maximum absolute atomic E-state index is 12.0. The van der Waals surface area contributed by atoms with Crippen LogP contribution in [0.3, 0.4) is 0 Å². The van der Waals surface area contributed by atoms with E-state index in [2.05, 4.69) is 10.3 Å². The fourth-order valence-corrected chi connectivity index (χ4v) is 1.81. The molecule has 2 aromatic heterocycles. The zero-order chi connectivity index (χ0) is 15.6. The number of fused-ring (bicyclic) bond motifs is 1. The van der Waals surface area contributed by atoms with Gasteiger partial charge in [0.15, 0.2) is 5.69 Å². The molecule has 2 aromatic rings. The average Bonchev–Trinajstić information content (AvgIpc) is 2.42. The molecule has 2 heterocycles. The van der Waals surface area contributed by atoms with Gasteiger partial charge in [-0.15, -0.1) is 0 Å². The van der Waals surface area contributed by atoms with Gasteiger partial charge in [0.2, 0.25) is 5.75 Å². The van der Waals surface area contributed by atoms with E-state index < -0.39 is 23.0 Å². The molecule has 2 rings (SSSR count). The molecule has 0 amide bonds. The summed E-state index contributed by atoms with van der Waals surface area (Å²) in [4.78, 5) is 28.6. The number of nitrogens with one attached hydrogen (secondary N) is 1. The van der Waals surface area contributed by atoms with Gasteiger partial charge in [-0.1, -0.05) is 0 Å². The van der Waals surface area contributed by atoms with Crippen LogP contribution in [-0.4, -0.2) is 57.7 Å². The monoisotopic (exact) mass is 292 g/mol. The molecule has 8 heteroatoms. The van der Waals surface area contributed by atoms with Gasteiger partial charge >= 0.3 is 11.5 Å². The summed E-state index contributed by atoms with van der Waals surface area (Å²) < 4.78 is 1.11. The Labute approximate surface area is 120 Å². The largest absolute Gasteiger partial charge is 0.501 e. The van der Waals surface area contributed by atoms with E-state index >= 15 is 0 Å². The lowest BCUT2D eigenvalue weighted by Gasteiger charge is -2.12. The second-order valence-corrected chi connectivity index (χ2v) is 4.80. The number of aromatic nitrogens is 2. The van der Waals surface area contributed by atoms with Crippen LogP contribution in [0.15, 0.2) is 23.1 Å². The topological polar surface area (TPSA) is 107 Å². The molecule has 112 valence electrons. The Balaban J connectivity index is 2.40. The van der Waals surface area contributed by atoms with Crippen LogP contribution in [-0.2, 0) is 0 Å². The van der Waals surface area contributed by atoms with Crippen LogP contribution in [0.1, 0.15) is 10.5 Å². The molecule has 0 spiro atoms. The number of aromatic hydroxyl groups is 1. The molecule has 21 heavy (non-hydrogen) atoms. The molecule has 0 bridgehead atoms. The maximum atomic E-state index is 12.0. The van der Waals surface area contributed by atoms with Gasteiger partial charge < -0.3 is 20.4 Å². The van der Waals surface area contributed by atoms with Gasteiger partial charge in [0.25, 0.3) is 0 Å². The molecule has 8 nitrogen and oxygen atoms in total. The summed E-state index contributed by atoms with van der Waals surface area (Å²) in [5.41, 5.74) is -0.619. The Morgan fingerprint density at radius 3 is 2.76 bits per heavy atom. The van der Waals surface area contributed by atoms with Crippen molar-refractivity contribution in [2.75, 3.05) is 32.5 Å². The Morgan fingerprint density at radius 1 is 1.43 bits per heavy atom. The fourth-order valence-electron chi connectivity index (χ4n) is 1.81. The van der Waals surface area contributed by atoms with Gasteiger partial charge in [-0.25, -0.2) is 9.78 Å². The molecule has 0 unspecified atom stereocenters. The van der Waals surface area contributed by atoms with Crippen molar-refractivity contribution in [1.29, 1.82) is 0 Å². The smallest absolute Gasteiger partial charge is 0.358 e. The molecule has 0 aromatic carbocycles. The first-order valence-corrected chi connectivity index (χ1v) is 6.27. The Morgan fingerprint density at radius 2 is 2.14 bits per heavy atom. The minimum absolute atomic E-state index is 0.161. The molecular weight excluding hydrogens is 276 g/mol. The van der Waals surface area contributed by atoms with Gasteiger partial charge in [-0.05, 0) is 26.2 Å². The highest BCUT2D eigenvalue weighted by Gasteiger charge is 2.17.